The summed E-state index contributed by atoms with van der Waals surface area (Å²) < 4.78 is 18.2. The summed E-state index contributed by atoms with van der Waals surface area (Å²) in [6.07, 6.45) is 0.856. The van der Waals surface area contributed by atoms with Gasteiger partial charge in [0, 0.05) is 12.1 Å². The minimum atomic E-state index is -0.282. The average molecular weight is 197 g/mol. The summed E-state index contributed by atoms with van der Waals surface area (Å²) >= 11 is 0. The van der Waals surface area contributed by atoms with Gasteiger partial charge in [-0.3, -0.25) is 0 Å². The number of halogens is 1. The molecule has 1 atom stereocenters. The van der Waals surface area contributed by atoms with Crippen LogP contribution >= 0.6 is 0 Å². The van der Waals surface area contributed by atoms with E-state index in [-0.39, 0.29) is 11.9 Å². The van der Waals surface area contributed by atoms with Crippen molar-refractivity contribution in [1.82, 2.24) is 0 Å². The van der Waals surface area contributed by atoms with Crippen LogP contribution < -0.4 is 10.5 Å². The van der Waals surface area contributed by atoms with Gasteiger partial charge in [-0.1, -0.05) is 13.0 Å². The number of nitrogens with two attached hydrogens (primary N) is 1. The highest BCUT2D eigenvalue weighted by Crippen LogP contribution is 2.18. The first-order valence-electron chi connectivity index (χ1n) is 4.78. The molecule has 14 heavy (non-hydrogen) atoms. The summed E-state index contributed by atoms with van der Waals surface area (Å²) in [5, 5.41) is 0. The minimum absolute atomic E-state index is 0.0117. The Hall–Kier alpha value is -1.09. The van der Waals surface area contributed by atoms with Crippen molar-refractivity contribution < 1.29 is 9.13 Å². The molecule has 0 saturated carbocycles. The largest absolute Gasteiger partial charge is 0.492 e. The van der Waals surface area contributed by atoms with Crippen LogP contribution in [0.3, 0.4) is 0 Å². The second-order valence-electron chi connectivity index (χ2n) is 3.39. The van der Waals surface area contributed by atoms with Crippen molar-refractivity contribution >= 4 is 0 Å². The Morgan fingerprint density at radius 1 is 1.50 bits per heavy atom. The Kier molecular flexibility index (Phi) is 3.89. The molecule has 0 radical (unpaired) electrons. The lowest BCUT2D eigenvalue weighted by molar-refractivity contribution is 0.282. The number of hydrogen-bond donors (Lipinski definition) is 1. The lowest BCUT2D eigenvalue weighted by Crippen LogP contribution is -2.26. The second-order valence-corrected chi connectivity index (χ2v) is 3.39. The molecule has 0 fully saturated rings. The van der Waals surface area contributed by atoms with E-state index in [1.54, 1.807) is 6.07 Å². The average Bonchev–Trinajstić information content (AvgIpc) is 2.19. The molecule has 0 saturated heterocycles. The van der Waals surface area contributed by atoms with E-state index in [9.17, 15) is 4.39 Å². The lowest BCUT2D eigenvalue weighted by Gasteiger charge is -2.12. The molecule has 0 bridgehead atoms. The zero-order chi connectivity index (χ0) is 10.6. The van der Waals surface area contributed by atoms with Crippen molar-refractivity contribution in [3.8, 4) is 5.75 Å². The maximum absolute atomic E-state index is 12.8. The highest BCUT2D eigenvalue weighted by Gasteiger charge is 2.04. The molecule has 2 N–H and O–H groups in total. The van der Waals surface area contributed by atoms with E-state index in [2.05, 4.69) is 0 Å². The fourth-order valence-corrected chi connectivity index (χ4v) is 1.04. The molecule has 0 aliphatic rings. The van der Waals surface area contributed by atoms with Crippen LogP contribution in [0.25, 0.3) is 0 Å². The van der Waals surface area contributed by atoms with Gasteiger partial charge in [0.2, 0.25) is 0 Å². The highest BCUT2D eigenvalue weighted by atomic mass is 19.1. The van der Waals surface area contributed by atoms with E-state index < -0.39 is 0 Å². The van der Waals surface area contributed by atoms with Crippen LogP contribution in [0.2, 0.25) is 0 Å². The molecule has 78 valence electrons. The molecule has 0 heterocycles. The van der Waals surface area contributed by atoms with Gasteiger partial charge >= 0.3 is 0 Å². The van der Waals surface area contributed by atoms with Crippen LogP contribution in [-0.4, -0.2) is 12.6 Å². The molecule has 0 aliphatic heterocycles. The maximum atomic E-state index is 12.8. The smallest absolute Gasteiger partial charge is 0.126 e. The predicted octanol–water partition coefficient (Wildman–Crippen LogP) is 2.25. The standard InChI is InChI=1S/C11H16FNO/c1-3-10(13)7-14-11-6-9(12)5-4-8(11)2/h4-6,10H,3,7,13H2,1-2H3. The Labute approximate surface area is 83.9 Å². The molecule has 0 spiro atoms. The van der Waals surface area contributed by atoms with Crippen molar-refractivity contribution in [3.63, 3.8) is 0 Å². The fourth-order valence-electron chi connectivity index (χ4n) is 1.04. The molecule has 3 heteroatoms. The van der Waals surface area contributed by atoms with Crippen LogP contribution in [-0.2, 0) is 0 Å². The summed E-state index contributed by atoms with van der Waals surface area (Å²) in [6.45, 7) is 4.31. The van der Waals surface area contributed by atoms with Crippen molar-refractivity contribution in [2.75, 3.05) is 6.61 Å². The van der Waals surface area contributed by atoms with Crippen LogP contribution in [0, 0.1) is 12.7 Å². The van der Waals surface area contributed by atoms with E-state index in [0.29, 0.717) is 12.4 Å². The van der Waals surface area contributed by atoms with Crippen molar-refractivity contribution in [3.05, 3.63) is 29.6 Å². The first kappa shape index (κ1) is 11.0. The van der Waals surface area contributed by atoms with E-state index >= 15 is 0 Å². The van der Waals surface area contributed by atoms with Gasteiger partial charge in [0.1, 0.15) is 18.2 Å². The third-order valence-electron chi connectivity index (χ3n) is 2.13. The number of aryl methyl sites for hydroxylation is 1. The van der Waals surface area contributed by atoms with E-state index in [0.717, 1.165) is 12.0 Å². The minimum Gasteiger partial charge on any atom is -0.492 e. The first-order chi connectivity index (χ1) is 6.63. The second kappa shape index (κ2) is 4.96. The summed E-state index contributed by atoms with van der Waals surface area (Å²) in [4.78, 5) is 0. The van der Waals surface area contributed by atoms with Crippen LogP contribution in [0.15, 0.2) is 18.2 Å². The number of benzene rings is 1. The molecule has 0 aromatic heterocycles. The highest BCUT2D eigenvalue weighted by molar-refractivity contribution is 5.32. The molecule has 1 rings (SSSR count). The van der Waals surface area contributed by atoms with Crippen LogP contribution in [0.4, 0.5) is 4.39 Å². The molecule has 1 unspecified atom stereocenters. The zero-order valence-corrected chi connectivity index (χ0v) is 8.59. The third kappa shape index (κ3) is 3.00. The SMILES string of the molecule is CCC(N)COc1cc(F)ccc1C. The van der Waals surface area contributed by atoms with Gasteiger partial charge in [-0.25, -0.2) is 4.39 Å². The monoisotopic (exact) mass is 197 g/mol. The first-order valence-corrected chi connectivity index (χ1v) is 4.78. The summed E-state index contributed by atoms with van der Waals surface area (Å²) in [6, 6.07) is 4.51. The number of hydrogen-bond acceptors (Lipinski definition) is 2. The number of ether oxygens (including phenoxy) is 1. The normalized spacial score (nSPS) is 12.6. The van der Waals surface area contributed by atoms with Crippen LogP contribution in [0.5, 0.6) is 5.75 Å². The van der Waals surface area contributed by atoms with Crippen LogP contribution in [0.1, 0.15) is 18.9 Å². The summed E-state index contributed by atoms with van der Waals surface area (Å²) in [5.41, 5.74) is 6.62. The summed E-state index contributed by atoms with van der Waals surface area (Å²) in [7, 11) is 0. The van der Waals surface area contributed by atoms with E-state index in [1.807, 2.05) is 13.8 Å². The Morgan fingerprint density at radius 3 is 2.86 bits per heavy atom. The molecular formula is C11H16FNO. The van der Waals surface area contributed by atoms with E-state index in [4.69, 9.17) is 10.5 Å². The van der Waals surface area contributed by atoms with Gasteiger partial charge in [0.25, 0.3) is 0 Å². The van der Waals surface area contributed by atoms with Gasteiger partial charge < -0.3 is 10.5 Å². The third-order valence-corrected chi connectivity index (χ3v) is 2.13. The Bertz CT molecular complexity index is 301. The van der Waals surface area contributed by atoms with Gasteiger partial charge in [-0.15, -0.1) is 0 Å². The topological polar surface area (TPSA) is 35.2 Å². The lowest BCUT2D eigenvalue weighted by atomic mass is 10.2. The predicted molar refractivity (Wildman–Crippen MR) is 54.9 cm³/mol. The number of rotatable bonds is 4. The van der Waals surface area contributed by atoms with Crippen molar-refractivity contribution in [2.45, 2.75) is 26.3 Å². The molecule has 1 aromatic rings. The molecule has 0 aliphatic carbocycles. The zero-order valence-electron chi connectivity index (χ0n) is 8.59. The van der Waals surface area contributed by atoms with Gasteiger partial charge in [0.05, 0.1) is 0 Å². The molecule has 0 amide bonds. The Morgan fingerprint density at radius 2 is 2.21 bits per heavy atom. The molecule has 2 nitrogen and oxygen atoms in total. The van der Waals surface area contributed by atoms with Crippen molar-refractivity contribution in [1.29, 1.82) is 0 Å². The molecular weight excluding hydrogens is 181 g/mol. The van der Waals surface area contributed by atoms with Crippen molar-refractivity contribution in [2.24, 2.45) is 5.73 Å². The van der Waals surface area contributed by atoms with Gasteiger partial charge in [-0.05, 0) is 25.0 Å². The quantitative estimate of drug-likeness (QED) is 0.803. The summed E-state index contributed by atoms with van der Waals surface area (Å²) in [5.74, 6) is 0.296. The van der Waals surface area contributed by atoms with Gasteiger partial charge in [0.15, 0.2) is 0 Å². The maximum Gasteiger partial charge on any atom is 0.126 e. The Balaban J connectivity index is 2.62. The fraction of sp³-hybridized carbons (Fsp3) is 0.455. The van der Waals surface area contributed by atoms with E-state index in [1.165, 1.54) is 12.1 Å². The van der Waals surface area contributed by atoms with Gasteiger partial charge in [-0.2, -0.15) is 0 Å². The molecule has 1 aromatic carbocycles.